The maximum absolute atomic E-state index is 14.4. The highest BCUT2D eigenvalue weighted by Gasteiger charge is 2.32. The van der Waals surface area contributed by atoms with Crippen molar-refractivity contribution in [1.82, 2.24) is 10.2 Å². The van der Waals surface area contributed by atoms with E-state index >= 15 is 0 Å². The molecule has 3 N–H and O–H groups in total. The smallest absolute Gasteiger partial charge is 0.405 e. The summed E-state index contributed by atoms with van der Waals surface area (Å²) in [6.07, 6.45) is -4.22. The summed E-state index contributed by atoms with van der Waals surface area (Å²) >= 11 is 0. The van der Waals surface area contributed by atoms with Gasteiger partial charge in [0, 0.05) is 43.4 Å². The number of amides is 3. The third-order valence-electron chi connectivity index (χ3n) is 7.23. The number of carbonyl (C=O) groups is 3. The number of benzene rings is 3. The summed E-state index contributed by atoms with van der Waals surface area (Å²) in [5, 5.41) is 7.93. The molecule has 1 atom stereocenters. The fourth-order valence-electron chi connectivity index (χ4n) is 4.90. The molecule has 4 rings (SSSR count). The van der Waals surface area contributed by atoms with Crippen LogP contribution >= 0.6 is 0 Å². The number of nitrogens with one attached hydrogen (secondary N) is 3. The van der Waals surface area contributed by atoms with Gasteiger partial charge in [-0.05, 0) is 66.3 Å². The normalized spacial score (nSPS) is 13.1. The Morgan fingerprint density at radius 1 is 1.12 bits per heavy atom. The zero-order valence-electron chi connectivity index (χ0n) is 23.9. The van der Waals surface area contributed by atoms with Gasteiger partial charge in [0.1, 0.15) is 11.6 Å². The molecule has 0 saturated heterocycles. The number of aryl methyl sites for hydroxylation is 1. The number of likely N-dealkylation sites (N-methyl/N-ethyl adjacent to an activating group) is 1. The second-order valence-electron chi connectivity index (χ2n) is 10.5. The fraction of sp³-hybridized carbons (Fsp3) is 0.323. The number of halogens is 4. The number of carbonyl (C=O) groups excluding carboxylic acids is 3. The van der Waals surface area contributed by atoms with Gasteiger partial charge in [-0.1, -0.05) is 31.2 Å². The molecule has 0 bridgehead atoms. The molecule has 43 heavy (non-hydrogen) atoms. The van der Waals surface area contributed by atoms with Gasteiger partial charge in [-0.3, -0.25) is 14.4 Å². The highest BCUT2D eigenvalue weighted by atomic mass is 19.4. The molecular weight excluding hydrogens is 568 g/mol. The summed E-state index contributed by atoms with van der Waals surface area (Å²) in [6.45, 7) is 3.55. The number of fused-ring (bicyclic) bond motifs is 1. The van der Waals surface area contributed by atoms with Crippen molar-refractivity contribution in [3.63, 3.8) is 0 Å². The minimum absolute atomic E-state index is 0.000337. The number of nitrogens with zero attached hydrogens (tertiary/aromatic N) is 1. The molecule has 0 spiro atoms. The molecule has 1 aliphatic rings. The van der Waals surface area contributed by atoms with E-state index < -0.39 is 30.4 Å². The molecule has 12 heteroatoms. The van der Waals surface area contributed by atoms with Crippen molar-refractivity contribution in [2.75, 3.05) is 24.2 Å². The van der Waals surface area contributed by atoms with Crippen LogP contribution in [0.5, 0.6) is 5.75 Å². The van der Waals surface area contributed by atoms with E-state index in [9.17, 15) is 31.9 Å². The first kappa shape index (κ1) is 31.3. The summed E-state index contributed by atoms with van der Waals surface area (Å²) in [5.74, 6) is -2.28. The average Bonchev–Trinajstić information content (AvgIpc) is 3.30. The Kier molecular flexibility index (Phi) is 9.57. The monoisotopic (exact) mass is 600 g/mol. The van der Waals surface area contributed by atoms with Gasteiger partial charge in [0.05, 0.1) is 12.2 Å². The molecule has 3 amide bonds. The van der Waals surface area contributed by atoms with Crippen LogP contribution in [0.2, 0.25) is 0 Å². The van der Waals surface area contributed by atoms with Crippen molar-refractivity contribution in [2.24, 2.45) is 0 Å². The van der Waals surface area contributed by atoms with Crippen LogP contribution < -0.4 is 20.7 Å². The molecule has 3 aromatic rings. The van der Waals surface area contributed by atoms with Crippen LogP contribution in [0.25, 0.3) is 0 Å². The quantitative estimate of drug-likeness (QED) is 0.239. The van der Waals surface area contributed by atoms with E-state index in [1.54, 1.807) is 0 Å². The van der Waals surface area contributed by atoms with Crippen molar-refractivity contribution in [3.05, 3.63) is 88.2 Å². The summed E-state index contributed by atoms with van der Waals surface area (Å²) in [4.78, 5) is 38.5. The first-order valence-corrected chi connectivity index (χ1v) is 13.6. The molecule has 228 valence electrons. The van der Waals surface area contributed by atoms with Gasteiger partial charge in [-0.2, -0.15) is 0 Å². The highest BCUT2D eigenvalue weighted by Crippen LogP contribution is 2.30. The largest absolute Gasteiger partial charge is 0.573 e. The van der Waals surface area contributed by atoms with E-state index in [0.29, 0.717) is 17.5 Å². The summed E-state index contributed by atoms with van der Waals surface area (Å²) < 4.78 is 57.9. The van der Waals surface area contributed by atoms with E-state index in [1.165, 1.54) is 31.3 Å². The molecular formula is C31H32F4N4O4. The number of alkyl halides is 3. The lowest BCUT2D eigenvalue weighted by atomic mass is 9.92. The van der Waals surface area contributed by atoms with Crippen LogP contribution in [0.4, 0.5) is 28.9 Å². The van der Waals surface area contributed by atoms with Crippen molar-refractivity contribution >= 4 is 29.1 Å². The van der Waals surface area contributed by atoms with Gasteiger partial charge in [0.15, 0.2) is 0 Å². The third kappa shape index (κ3) is 8.24. The van der Waals surface area contributed by atoms with Gasteiger partial charge in [-0.25, -0.2) is 4.39 Å². The third-order valence-corrected chi connectivity index (χ3v) is 7.23. The van der Waals surface area contributed by atoms with Crippen LogP contribution in [0.3, 0.4) is 0 Å². The lowest BCUT2D eigenvalue weighted by molar-refractivity contribution is -0.275. The van der Waals surface area contributed by atoms with Crippen molar-refractivity contribution < 1.29 is 36.7 Å². The van der Waals surface area contributed by atoms with Crippen LogP contribution in [0.1, 0.15) is 58.3 Å². The van der Waals surface area contributed by atoms with Gasteiger partial charge >= 0.3 is 6.36 Å². The predicted molar refractivity (Wildman–Crippen MR) is 153 cm³/mol. The molecule has 0 aliphatic carbocycles. The first-order chi connectivity index (χ1) is 20.3. The molecule has 0 aromatic heterocycles. The predicted octanol–water partition coefficient (Wildman–Crippen LogP) is 5.87. The Hall–Kier alpha value is -4.61. The van der Waals surface area contributed by atoms with Gasteiger partial charge < -0.3 is 25.6 Å². The SMILES string of the molecule is Cc1ccccc1[C@@H](C)CCC(=O)Nc1ccc(OC(F)(F)F)c(CN(C)C(=O)CNc2cc3c(cc2F)CNC3=O)c1. The number of hydrogen-bond acceptors (Lipinski definition) is 5. The van der Waals surface area contributed by atoms with Crippen molar-refractivity contribution in [3.8, 4) is 5.75 Å². The first-order valence-electron chi connectivity index (χ1n) is 13.6. The van der Waals surface area contributed by atoms with Crippen LogP contribution in [-0.4, -0.2) is 42.6 Å². The topological polar surface area (TPSA) is 99.8 Å². The molecule has 0 unspecified atom stereocenters. The average molecular weight is 601 g/mol. The second-order valence-corrected chi connectivity index (χ2v) is 10.5. The lowest BCUT2D eigenvalue weighted by Gasteiger charge is -2.21. The summed E-state index contributed by atoms with van der Waals surface area (Å²) in [5.41, 5.74) is 3.25. The van der Waals surface area contributed by atoms with Gasteiger partial charge in [-0.15, -0.1) is 13.2 Å². The number of anilines is 2. The van der Waals surface area contributed by atoms with E-state index in [-0.39, 0.29) is 54.2 Å². The Morgan fingerprint density at radius 2 is 1.86 bits per heavy atom. The Bertz CT molecular complexity index is 1530. The Morgan fingerprint density at radius 3 is 2.58 bits per heavy atom. The van der Waals surface area contributed by atoms with Gasteiger partial charge in [0.2, 0.25) is 11.8 Å². The van der Waals surface area contributed by atoms with Crippen molar-refractivity contribution in [1.29, 1.82) is 0 Å². The molecule has 8 nitrogen and oxygen atoms in total. The van der Waals surface area contributed by atoms with Crippen molar-refractivity contribution in [2.45, 2.75) is 52.1 Å². The fourth-order valence-corrected chi connectivity index (χ4v) is 4.90. The molecule has 1 heterocycles. The van der Waals surface area contributed by atoms with Gasteiger partial charge in [0.25, 0.3) is 5.91 Å². The van der Waals surface area contributed by atoms with Crippen LogP contribution in [0.15, 0.2) is 54.6 Å². The molecule has 0 saturated carbocycles. The minimum Gasteiger partial charge on any atom is -0.405 e. The zero-order valence-corrected chi connectivity index (χ0v) is 23.9. The maximum Gasteiger partial charge on any atom is 0.573 e. The standard InChI is InChI=1S/C31H32F4N4O4/c1-18-6-4-5-7-23(18)19(2)8-11-28(40)38-22-9-10-27(43-31(33,34)35)21(12-22)17-39(3)29(41)16-36-26-14-24-20(13-25(26)32)15-37-30(24)42/h4-7,9-10,12-14,19,36H,8,11,15-17H2,1-3H3,(H,37,42)(H,38,40)/t19-/m0/s1. The Balaban J connectivity index is 1.40. The second kappa shape index (κ2) is 13.1. The summed E-state index contributed by atoms with van der Waals surface area (Å²) in [6, 6.07) is 14.1. The van der Waals surface area contributed by atoms with E-state index in [4.69, 9.17) is 0 Å². The molecule has 0 radical (unpaired) electrons. The zero-order chi connectivity index (χ0) is 31.3. The minimum atomic E-state index is -4.98. The van der Waals surface area contributed by atoms with E-state index in [2.05, 4.69) is 20.7 Å². The molecule has 0 fully saturated rings. The highest BCUT2D eigenvalue weighted by molar-refractivity contribution is 5.99. The Labute approximate surface area is 246 Å². The lowest BCUT2D eigenvalue weighted by Crippen LogP contribution is -2.32. The molecule has 1 aliphatic heterocycles. The number of hydrogen-bond donors (Lipinski definition) is 3. The number of rotatable bonds is 11. The van der Waals surface area contributed by atoms with Crippen LogP contribution in [0, 0.1) is 12.7 Å². The van der Waals surface area contributed by atoms with E-state index in [1.807, 2.05) is 38.1 Å². The van der Waals surface area contributed by atoms with Crippen LogP contribution in [-0.2, 0) is 22.7 Å². The maximum atomic E-state index is 14.4. The number of ether oxygens (including phenoxy) is 1. The van der Waals surface area contributed by atoms with E-state index in [0.717, 1.165) is 22.1 Å². The molecule has 3 aromatic carbocycles. The summed E-state index contributed by atoms with van der Waals surface area (Å²) in [7, 11) is 1.37.